The topological polar surface area (TPSA) is 100 Å². The van der Waals surface area contributed by atoms with E-state index in [2.05, 4.69) is 33.6 Å². The Kier molecular flexibility index (Phi) is 5.72. The Bertz CT molecular complexity index is 1020. The van der Waals surface area contributed by atoms with Crippen LogP contribution in [-0.4, -0.2) is 35.5 Å². The highest BCUT2D eigenvalue weighted by molar-refractivity contribution is 5.81. The molecule has 0 radical (unpaired) electrons. The zero-order valence-corrected chi connectivity index (χ0v) is 17.0. The first kappa shape index (κ1) is 20.6. The van der Waals surface area contributed by atoms with Crippen molar-refractivity contribution in [1.29, 1.82) is 0 Å². The minimum Gasteiger partial charge on any atom is -0.480 e. The number of ether oxygens (including phenoxy) is 1. The maximum Gasteiger partial charge on any atom is 0.407 e. The molecule has 31 heavy (non-hydrogen) atoms. The van der Waals surface area contributed by atoms with Gasteiger partial charge in [0.1, 0.15) is 12.6 Å². The molecule has 2 N–H and O–H groups in total. The van der Waals surface area contributed by atoms with Crippen molar-refractivity contribution in [2.45, 2.75) is 43.3 Å². The van der Waals surface area contributed by atoms with Crippen LogP contribution in [0.2, 0.25) is 0 Å². The van der Waals surface area contributed by atoms with Gasteiger partial charge in [0.15, 0.2) is 5.66 Å². The summed E-state index contributed by atoms with van der Waals surface area (Å²) in [5.74, 6) is 1.33. The molecule has 2 aromatic carbocycles. The molecular weight excluding hydrogens is 394 g/mol. The number of carboxylic acid groups (broad SMARTS) is 1. The van der Waals surface area contributed by atoms with Gasteiger partial charge in [-0.05, 0) is 35.1 Å². The lowest BCUT2D eigenvalue weighted by atomic mass is 9.98. The van der Waals surface area contributed by atoms with Crippen LogP contribution in [0.3, 0.4) is 0 Å². The second-order valence-electron chi connectivity index (χ2n) is 7.79. The van der Waals surface area contributed by atoms with E-state index in [4.69, 9.17) is 11.2 Å². The summed E-state index contributed by atoms with van der Waals surface area (Å²) in [4.78, 5) is 24.0. The molecule has 0 saturated carbocycles. The Morgan fingerprint density at radius 3 is 2.26 bits per heavy atom. The molecule has 2 aliphatic rings. The van der Waals surface area contributed by atoms with Crippen LogP contribution in [0.5, 0.6) is 0 Å². The van der Waals surface area contributed by atoms with Crippen LogP contribution in [0, 0.1) is 12.3 Å². The zero-order chi connectivity index (χ0) is 21.8. The van der Waals surface area contributed by atoms with Crippen molar-refractivity contribution in [3.05, 3.63) is 59.7 Å². The van der Waals surface area contributed by atoms with Gasteiger partial charge in [0.05, 0.1) is 0 Å². The van der Waals surface area contributed by atoms with Crippen LogP contribution in [0.4, 0.5) is 4.79 Å². The molecule has 7 nitrogen and oxygen atoms in total. The predicted molar refractivity (Wildman–Crippen MR) is 115 cm³/mol. The van der Waals surface area contributed by atoms with Crippen LogP contribution in [-0.2, 0) is 9.53 Å². The molecule has 0 fully saturated rings. The lowest BCUT2D eigenvalue weighted by molar-refractivity contribution is -0.139. The van der Waals surface area contributed by atoms with Crippen molar-refractivity contribution in [3.8, 4) is 23.5 Å². The number of carbonyl (C=O) groups excluding carboxylic acids is 1. The number of hydrogen-bond donors (Lipinski definition) is 2. The van der Waals surface area contributed by atoms with Crippen molar-refractivity contribution >= 4 is 12.1 Å². The number of nitrogens with one attached hydrogen (secondary N) is 1. The fraction of sp³-hybridized carbons (Fsp3) is 0.333. The summed E-state index contributed by atoms with van der Waals surface area (Å²) in [6.45, 7) is 0.128. The van der Waals surface area contributed by atoms with Gasteiger partial charge in [-0.25, -0.2) is 9.59 Å². The van der Waals surface area contributed by atoms with E-state index in [0.29, 0.717) is 19.3 Å². The monoisotopic (exact) mass is 417 g/mol. The van der Waals surface area contributed by atoms with Gasteiger partial charge in [-0.1, -0.05) is 48.5 Å². The molecule has 1 atom stereocenters. The Hall–Kier alpha value is -3.66. The zero-order valence-electron chi connectivity index (χ0n) is 17.0. The lowest BCUT2D eigenvalue weighted by Gasteiger charge is -2.18. The van der Waals surface area contributed by atoms with Gasteiger partial charge in [0.25, 0.3) is 0 Å². The fourth-order valence-corrected chi connectivity index (χ4v) is 4.08. The molecule has 0 saturated heterocycles. The number of aliphatic carboxylic acids is 1. The van der Waals surface area contributed by atoms with E-state index in [0.717, 1.165) is 22.3 Å². The molecule has 1 aliphatic carbocycles. The first-order valence-electron chi connectivity index (χ1n) is 10.2. The summed E-state index contributed by atoms with van der Waals surface area (Å²) in [6, 6.07) is 15.0. The average Bonchev–Trinajstić information content (AvgIpc) is 3.48. The molecule has 158 valence electrons. The third-order valence-electron chi connectivity index (χ3n) is 5.82. The van der Waals surface area contributed by atoms with E-state index < -0.39 is 23.8 Å². The maximum atomic E-state index is 12.4. The van der Waals surface area contributed by atoms with Gasteiger partial charge < -0.3 is 15.2 Å². The molecule has 1 aliphatic heterocycles. The van der Waals surface area contributed by atoms with Gasteiger partial charge in [-0.2, -0.15) is 10.2 Å². The molecule has 1 heterocycles. The van der Waals surface area contributed by atoms with E-state index in [1.54, 1.807) is 0 Å². The van der Waals surface area contributed by atoms with Gasteiger partial charge in [-0.15, -0.1) is 12.3 Å². The van der Waals surface area contributed by atoms with Gasteiger partial charge in [-0.3, -0.25) is 0 Å². The minimum atomic E-state index is -1.12. The summed E-state index contributed by atoms with van der Waals surface area (Å²) in [7, 11) is 0. The van der Waals surface area contributed by atoms with Crippen molar-refractivity contribution in [1.82, 2.24) is 5.32 Å². The Labute approximate surface area is 180 Å². The highest BCUT2D eigenvalue weighted by Gasteiger charge is 2.40. The molecule has 1 amide bonds. The van der Waals surface area contributed by atoms with Gasteiger partial charge >= 0.3 is 12.1 Å². The van der Waals surface area contributed by atoms with Crippen LogP contribution in [0.1, 0.15) is 42.7 Å². The Morgan fingerprint density at radius 1 is 1.10 bits per heavy atom. The highest BCUT2D eigenvalue weighted by Crippen LogP contribution is 2.44. The molecule has 1 unspecified atom stereocenters. The number of carboxylic acids is 1. The first-order chi connectivity index (χ1) is 15.0. The number of terminal acetylenes is 1. The van der Waals surface area contributed by atoms with E-state index in [-0.39, 0.29) is 18.9 Å². The molecule has 0 spiro atoms. The summed E-state index contributed by atoms with van der Waals surface area (Å²) in [5, 5.41) is 20.0. The average molecular weight is 417 g/mol. The smallest absolute Gasteiger partial charge is 0.407 e. The number of alkyl carbamates (subject to hydrolysis) is 1. The van der Waals surface area contributed by atoms with Crippen molar-refractivity contribution in [2.75, 3.05) is 6.61 Å². The number of carbonyl (C=O) groups is 2. The van der Waals surface area contributed by atoms with Crippen molar-refractivity contribution in [3.63, 3.8) is 0 Å². The highest BCUT2D eigenvalue weighted by atomic mass is 16.5. The number of hydrogen-bond acceptors (Lipinski definition) is 5. The molecule has 4 rings (SSSR count). The van der Waals surface area contributed by atoms with Crippen LogP contribution in [0.25, 0.3) is 11.1 Å². The number of amides is 1. The second kappa shape index (κ2) is 8.60. The third-order valence-corrected chi connectivity index (χ3v) is 5.82. The number of rotatable bonds is 9. The Morgan fingerprint density at radius 2 is 1.71 bits per heavy atom. The molecule has 0 bridgehead atoms. The molecule has 2 aromatic rings. The second-order valence-corrected chi connectivity index (χ2v) is 7.79. The first-order valence-corrected chi connectivity index (χ1v) is 10.2. The lowest BCUT2D eigenvalue weighted by Crippen LogP contribution is -2.42. The molecule has 0 aromatic heterocycles. The maximum absolute atomic E-state index is 12.4. The van der Waals surface area contributed by atoms with E-state index in [9.17, 15) is 14.7 Å². The molecule has 7 heteroatoms. The molecular formula is C24H23N3O4. The minimum absolute atomic E-state index is 0.0856. The van der Waals surface area contributed by atoms with E-state index in [1.165, 1.54) is 0 Å². The summed E-state index contributed by atoms with van der Waals surface area (Å²) in [6.07, 6.45) is 6.23. The predicted octanol–water partition coefficient (Wildman–Crippen LogP) is 4.33. The normalized spacial score (nSPS) is 16.0. The third kappa shape index (κ3) is 4.43. The van der Waals surface area contributed by atoms with E-state index >= 15 is 0 Å². The van der Waals surface area contributed by atoms with Crippen LogP contribution in [0.15, 0.2) is 58.8 Å². The van der Waals surface area contributed by atoms with E-state index in [1.807, 2.05) is 36.4 Å². The van der Waals surface area contributed by atoms with Crippen LogP contribution >= 0.6 is 0 Å². The SMILES string of the molecule is C#CCCC1(CCC(NC(=O)OCC2c3ccccc3-c3ccccc32)C(=O)O)N=N1. The van der Waals surface area contributed by atoms with Gasteiger partial charge in [0.2, 0.25) is 0 Å². The van der Waals surface area contributed by atoms with Crippen molar-refractivity contribution in [2.24, 2.45) is 10.2 Å². The number of fused-ring (bicyclic) bond motifs is 3. The largest absolute Gasteiger partial charge is 0.480 e. The number of nitrogens with zero attached hydrogens (tertiary/aromatic N) is 2. The summed E-state index contributed by atoms with van der Waals surface area (Å²) in [5.41, 5.74) is 3.86. The van der Waals surface area contributed by atoms with Crippen LogP contribution < -0.4 is 5.32 Å². The number of benzene rings is 2. The summed E-state index contributed by atoms with van der Waals surface area (Å²) >= 11 is 0. The quantitative estimate of drug-likeness (QED) is 0.593. The Balaban J connectivity index is 1.35. The fourth-order valence-electron chi connectivity index (χ4n) is 4.08. The van der Waals surface area contributed by atoms with Gasteiger partial charge in [0, 0.05) is 18.8 Å². The standard InChI is InChI=1S/C24H23N3O4/c1-2-3-13-24(26-27-24)14-12-21(22(28)29)25-23(30)31-15-20-18-10-6-4-8-16(18)17-9-5-7-11-19(17)20/h1,4-11,20-21H,3,12-15H2,(H,25,30)(H,28,29). The van der Waals surface area contributed by atoms with Crippen molar-refractivity contribution < 1.29 is 19.4 Å². The summed E-state index contributed by atoms with van der Waals surface area (Å²) < 4.78 is 5.45.